The van der Waals surface area contributed by atoms with Crippen molar-refractivity contribution in [1.82, 2.24) is 19.8 Å². The highest BCUT2D eigenvalue weighted by Gasteiger charge is 2.33. The van der Waals surface area contributed by atoms with Crippen LogP contribution in [0.25, 0.3) is 0 Å². The third-order valence-electron chi connectivity index (χ3n) is 5.55. The van der Waals surface area contributed by atoms with Crippen molar-refractivity contribution in [3.05, 3.63) is 17.7 Å². The number of rotatable bonds is 4. The highest BCUT2D eigenvalue weighted by Crippen LogP contribution is 2.33. The molecule has 1 N–H and O–H groups in total. The summed E-state index contributed by atoms with van der Waals surface area (Å²) in [5.74, 6) is 1.76. The summed E-state index contributed by atoms with van der Waals surface area (Å²) in [5, 5.41) is 3.02. The molecule has 0 spiro atoms. The molecule has 1 aromatic heterocycles. The highest BCUT2D eigenvalue weighted by molar-refractivity contribution is 5.92. The minimum absolute atomic E-state index is 0.00610. The lowest BCUT2D eigenvalue weighted by Gasteiger charge is -2.38. The number of hydrogen-bond donors (Lipinski definition) is 1. The molecule has 3 aliphatic rings. The van der Waals surface area contributed by atoms with Gasteiger partial charge in [-0.3, -0.25) is 9.69 Å². The molecule has 0 aromatic carbocycles. The molecule has 4 rings (SSSR count). The second kappa shape index (κ2) is 5.69. The molecule has 5 heteroatoms. The summed E-state index contributed by atoms with van der Waals surface area (Å²) in [4.78, 5) is 19.5. The fourth-order valence-corrected chi connectivity index (χ4v) is 4.00. The van der Waals surface area contributed by atoms with Crippen molar-refractivity contribution in [1.29, 1.82) is 0 Å². The number of amides is 1. The van der Waals surface area contributed by atoms with Gasteiger partial charge in [0.15, 0.2) is 0 Å². The maximum Gasteiger partial charge on any atom is 0.271 e. The second-order valence-electron chi connectivity index (χ2n) is 7.18. The van der Waals surface area contributed by atoms with E-state index in [1.165, 1.54) is 38.5 Å². The summed E-state index contributed by atoms with van der Waals surface area (Å²) in [6, 6.07) is 1.04. The third-order valence-corrected chi connectivity index (χ3v) is 5.55. The van der Waals surface area contributed by atoms with Crippen LogP contribution in [0.2, 0.25) is 0 Å². The predicted molar refractivity (Wildman–Crippen MR) is 84.7 cm³/mol. The van der Waals surface area contributed by atoms with Crippen LogP contribution in [-0.4, -0.2) is 39.5 Å². The van der Waals surface area contributed by atoms with Gasteiger partial charge < -0.3 is 9.88 Å². The first-order valence-electron chi connectivity index (χ1n) is 8.83. The maximum absolute atomic E-state index is 12.2. The zero-order valence-corrected chi connectivity index (χ0v) is 13.4. The first-order valence-corrected chi connectivity index (χ1v) is 8.83. The molecular weight excluding hydrogens is 276 g/mol. The second-order valence-corrected chi connectivity index (χ2v) is 7.18. The number of nitrogens with one attached hydrogen (secondary N) is 1. The lowest BCUT2D eigenvalue weighted by atomic mass is 10.1. The molecule has 2 fully saturated rings. The molecule has 1 aliphatic heterocycles. The first-order chi connectivity index (χ1) is 10.7. The zero-order valence-electron chi connectivity index (χ0n) is 13.4. The van der Waals surface area contributed by atoms with Crippen LogP contribution in [0, 0.1) is 5.92 Å². The summed E-state index contributed by atoms with van der Waals surface area (Å²) in [6.07, 6.45) is 9.81. The van der Waals surface area contributed by atoms with Crippen LogP contribution in [0.1, 0.15) is 67.8 Å². The molecule has 5 nitrogen and oxygen atoms in total. The van der Waals surface area contributed by atoms with Crippen LogP contribution in [-0.2, 0) is 6.54 Å². The number of carbonyl (C=O) groups excluding carboxylic acids is 1. The largest absolute Gasteiger partial charge is 0.350 e. The molecule has 1 atom stereocenters. The van der Waals surface area contributed by atoms with Crippen LogP contribution in [0.4, 0.5) is 0 Å². The van der Waals surface area contributed by atoms with Gasteiger partial charge in [0, 0.05) is 31.9 Å². The summed E-state index contributed by atoms with van der Waals surface area (Å²) in [5.41, 5.74) is 0.593. The Kier molecular flexibility index (Phi) is 3.68. The Morgan fingerprint density at radius 2 is 2.05 bits per heavy atom. The van der Waals surface area contributed by atoms with Gasteiger partial charge in [-0.05, 0) is 38.5 Å². The van der Waals surface area contributed by atoms with E-state index in [4.69, 9.17) is 0 Å². The lowest BCUT2D eigenvalue weighted by Crippen LogP contribution is -2.42. The van der Waals surface area contributed by atoms with E-state index in [1.54, 1.807) is 0 Å². The van der Waals surface area contributed by atoms with Crippen LogP contribution in [0.15, 0.2) is 6.20 Å². The molecule has 2 aliphatic carbocycles. The van der Waals surface area contributed by atoms with Gasteiger partial charge in [-0.2, -0.15) is 0 Å². The molecule has 2 heterocycles. The van der Waals surface area contributed by atoms with E-state index < -0.39 is 0 Å². The molecule has 22 heavy (non-hydrogen) atoms. The summed E-state index contributed by atoms with van der Waals surface area (Å²) >= 11 is 0. The predicted octanol–water partition coefficient (Wildman–Crippen LogP) is 2.34. The van der Waals surface area contributed by atoms with Crippen molar-refractivity contribution >= 4 is 5.91 Å². The summed E-state index contributed by atoms with van der Waals surface area (Å²) in [7, 11) is 0. The van der Waals surface area contributed by atoms with Gasteiger partial charge in [0.05, 0.1) is 6.04 Å². The van der Waals surface area contributed by atoms with Gasteiger partial charge in [0.25, 0.3) is 5.91 Å². The van der Waals surface area contributed by atoms with E-state index in [2.05, 4.69) is 26.7 Å². The first kappa shape index (κ1) is 14.2. The number of imidazole rings is 1. The molecule has 2 saturated carbocycles. The average Bonchev–Trinajstić information content (AvgIpc) is 3.02. The maximum atomic E-state index is 12.2. The molecule has 1 amide bonds. The van der Waals surface area contributed by atoms with E-state index in [0.717, 1.165) is 25.5 Å². The van der Waals surface area contributed by atoms with Crippen molar-refractivity contribution in [2.75, 3.05) is 13.1 Å². The Labute approximate surface area is 132 Å². The number of fused-ring (bicyclic) bond motifs is 1. The van der Waals surface area contributed by atoms with E-state index in [0.29, 0.717) is 23.7 Å². The van der Waals surface area contributed by atoms with Crippen molar-refractivity contribution in [3.63, 3.8) is 0 Å². The van der Waals surface area contributed by atoms with E-state index in [9.17, 15) is 4.79 Å². The van der Waals surface area contributed by atoms with Crippen molar-refractivity contribution in [3.8, 4) is 0 Å². The Hall–Kier alpha value is -1.36. The number of nitrogens with zero attached hydrogens (tertiary/aromatic N) is 3. The molecular formula is C17H26N4O. The normalized spacial score (nSPS) is 26.1. The monoisotopic (exact) mass is 302 g/mol. The summed E-state index contributed by atoms with van der Waals surface area (Å²) in [6.45, 7) is 5.09. The Morgan fingerprint density at radius 3 is 2.77 bits per heavy atom. The van der Waals surface area contributed by atoms with Crippen molar-refractivity contribution in [2.45, 2.75) is 64.1 Å². The van der Waals surface area contributed by atoms with Gasteiger partial charge in [-0.25, -0.2) is 4.98 Å². The lowest BCUT2D eigenvalue weighted by molar-refractivity contribution is 0.0946. The van der Waals surface area contributed by atoms with Crippen molar-refractivity contribution in [2.24, 2.45) is 5.92 Å². The van der Waals surface area contributed by atoms with Crippen LogP contribution < -0.4 is 5.32 Å². The van der Waals surface area contributed by atoms with Gasteiger partial charge in [0.1, 0.15) is 11.5 Å². The average molecular weight is 302 g/mol. The standard InChI is InChI=1S/C17H26N4O/c1-12-16-19-15(17(22)18-10-13-6-7-13)11-20(16)8-9-21(12)14-4-2-3-5-14/h11-14H,2-10H2,1H3,(H,18,22). The van der Waals surface area contributed by atoms with Crippen molar-refractivity contribution < 1.29 is 4.79 Å². The smallest absolute Gasteiger partial charge is 0.271 e. The van der Waals surface area contributed by atoms with E-state index in [1.807, 2.05) is 6.20 Å². The minimum atomic E-state index is -0.00610. The number of hydrogen-bond acceptors (Lipinski definition) is 3. The van der Waals surface area contributed by atoms with Crippen LogP contribution in [0.5, 0.6) is 0 Å². The van der Waals surface area contributed by atoms with Gasteiger partial charge in [-0.1, -0.05) is 12.8 Å². The fourth-order valence-electron chi connectivity index (χ4n) is 4.00. The SMILES string of the molecule is CC1c2nc(C(=O)NCC3CC3)cn2CCN1C1CCCC1. The zero-order chi connectivity index (χ0) is 15.1. The number of aromatic nitrogens is 2. The van der Waals surface area contributed by atoms with Gasteiger partial charge >= 0.3 is 0 Å². The Morgan fingerprint density at radius 1 is 1.27 bits per heavy atom. The fraction of sp³-hybridized carbons (Fsp3) is 0.765. The van der Waals surface area contributed by atoms with E-state index in [-0.39, 0.29) is 5.91 Å². The third kappa shape index (κ3) is 2.67. The number of carbonyl (C=O) groups is 1. The highest BCUT2D eigenvalue weighted by atomic mass is 16.1. The minimum Gasteiger partial charge on any atom is -0.350 e. The molecule has 0 saturated heterocycles. The van der Waals surface area contributed by atoms with Gasteiger partial charge in [-0.15, -0.1) is 0 Å². The molecule has 120 valence electrons. The molecule has 1 aromatic rings. The quantitative estimate of drug-likeness (QED) is 0.929. The van der Waals surface area contributed by atoms with Crippen LogP contribution >= 0.6 is 0 Å². The van der Waals surface area contributed by atoms with Gasteiger partial charge in [0.2, 0.25) is 0 Å². The molecule has 0 bridgehead atoms. The Bertz CT molecular complexity index is 557. The molecule has 0 radical (unpaired) electrons. The summed E-state index contributed by atoms with van der Waals surface area (Å²) < 4.78 is 2.18. The Balaban J connectivity index is 1.47. The molecule has 1 unspecified atom stereocenters. The van der Waals surface area contributed by atoms with E-state index >= 15 is 0 Å². The topological polar surface area (TPSA) is 50.2 Å². The van der Waals surface area contributed by atoms with Crippen LogP contribution in [0.3, 0.4) is 0 Å².